The number of benzene rings is 2. The summed E-state index contributed by atoms with van der Waals surface area (Å²) in [6, 6.07) is 15.3. The van der Waals surface area contributed by atoms with Gasteiger partial charge in [0.2, 0.25) is 0 Å². The highest BCUT2D eigenvalue weighted by Gasteiger charge is 2.05. The van der Waals surface area contributed by atoms with Gasteiger partial charge in [-0.05, 0) is 30.3 Å². The molecule has 108 valence electrons. The molecule has 2 rings (SSSR count). The quantitative estimate of drug-likeness (QED) is 0.874. The van der Waals surface area contributed by atoms with Gasteiger partial charge in [0.1, 0.15) is 5.82 Å². The zero-order valence-electron chi connectivity index (χ0n) is 12.1. The smallest absolute Gasteiger partial charge is 0.138 e. The minimum Gasteiger partial charge on any atom is -0.320 e. The van der Waals surface area contributed by atoms with Crippen LogP contribution >= 0.6 is 0 Å². The first-order valence-electron chi connectivity index (χ1n) is 6.89. The third-order valence-corrected chi connectivity index (χ3v) is 3.10. The highest BCUT2D eigenvalue weighted by atomic mass is 19.1. The zero-order valence-corrected chi connectivity index (χ0v) is 12.1. The molecule has 2 N–H and O–H groups in total. The van der Waals surface area contributed by atoms with E-state index in [9.17, 15) is 4.39 Å². The molecule has 0 unspecified atom stereocenters. The molecule has 0 aliphatic heterocycles. The van der Waals surface area contributed by atoms with Crippen LogP contribution in [-0.2, 0) is 13.1 Å². The summed E-state index contributed by atoms with van der Waals surface area (Å²) in [5, 5.41) is 0. The predicted octanol–water partition coefficient (Wildman–Crippen LogP) is 2.77. The van der Waals surface area contributed by atoms with E-state index < -0.39 is 0 Å². The Morgan fingerprint density at radius 2 is 1.76 bits per heavy atom. The Labute approximate surface area is 125 Å². The Bertz CT molecular complexity index is 641. The number of hydrogen-bond acceptors (Lipinski definition) is 2. The largest absolute Gasteiger partial charge is 0.320 e. The van der Waals surface area contributed by atoms with Crippen LogP contribution in [0.5, 0.6) is 0 Å². The summed E-state index contributed by atoms with van der Waals surface area (Å²) in [6.45, 7) is 1.83. The summed E-state index contributed by atoms with van der Waals surface area (Å²) in [5.74, 6) is 5.16. The van der Waals surface area contributed by atoms with Crippen LogP contribution in [-0.4, -0.2) is 18.5 Å². The van der Waals surface area contributed by atoms with Crippen molar-refractivity contribution in [2.75, 3.05) is 13.6 Å². The molecule has 21 heavy (non-hydrogen) atoms. The van der Waals surface area contributed by atoms with Gasteiger partial charge in [0.25, 0.3) is 0 Å². The predicted molar refractivity (Wildman–Crippen MR) is 83.9 cm³/mol. The first-order valence-corrected chi connectivity index (χ1v) is 6.89. The number of nitrogens with two attached hydrogens (primary N) is 1. The molecular weight excluding hydrogens is 263 g/mol. The summed E-state index contributed by atoms with van der Waals surface area (Å²) >= 11 is 0. The molecule has 0 aromatic heterocycles. The molecule has 2 aromatic rings. The Morgan fingerprint density at radius 1 is 1.05 bits per heavy atom. The van der Waals surface area contributed by atoms with E-state index in [4.69, 9.17) is 5.73 Å². The van der Waals surface area contributed by atoms with Gasteiger partial charge in [0.05, 0.1) is 12.1 Å². The third-order valence-electron chi connectivity index (χ3n) is 3.10. The molecule has 2 aromatic carbocycles. The molecule has 0 atom stereocenters. The van der Waals surface area contributed by atoms with Crippen LogP contribution in [0.25, 0.3) is 0 Å². The van der Waals surface area contributed by atoms with E-state index in [1.807, 2.05) is 25.2 Å². The fourth-order valence-electron chi connectivity index (χ4n) is 2.18. The Hall–Kier alpha value is -2.15. The normalized spacial score (nSPS) is 10.3. The van der Waals surface area contributed by atoms with Gasteiger partial charge < -0.3 is 5.73 Å². The van der Waals surface area contributed by atoms with Gasteiger partial charge in [-0.3, -0.25) is 4.90 Å². The van der Waals surface area contributed by atoms with Gasteiger partial charge in [-0.15, -0.1) is 0 Å². The molecule has 0 amide bonds. The molecule has 0 spiro atoms. The lowest BCUT2D eigenvalue weighted by Crippen LogP contribution is -2.17. The summed E-state index contributed by atoms with van der Waals surface area (Å²) in [6.07, 6.45) is 0. The molecule has 0 saturated carbocycles. The van der Waals surface area contributed by atoms with Crippen LogP contribution in [0.15, 0.2) is 48.5 Å². The van der Waals surface area contributed by atoms with Crippen molar-refractivity contribution in [1.82, 2.24) is 4.90 Å². The van der Waals surface area contributed by atoms with Gasteiger partial charge in [-0.2, -0.15) is 0 Å². The van der Waals surface area contributed by atoms with Gasteiger partial charge in [0.15, 0.2) is 0 Å². The monoisotopic (exact) mass is 282 g/mol. The fourth-order valence-corrected chi connectivity index (χ4v) is 2.18. The molecule has 0 fully saturated rings. The minimum absolute atomic E-state index is 0.234. The maximum Gasteiger partial charge on any atom is 0.138 e. The second-order valence-electron chi connectivity index (χ2n) is 4.98. The van der Waals surface area contributed by atoms with E-state index in [0.29, 0.717) is 5.56 Å². The molecule has 0 aliphatic carbocycles. The second-order valence-corrected chi connectivity index (χ2v) is 4.98. The molecular formula is C18H19FN2. The van der Waals surface area contributed by atoms with Crippen LogP contribution in [0, 0.1) is 17.7 Å². The first kappa shape index (κ1) is 15.2. The average Bonchev–Trinajstić information content (AvgIpc) is 2.48. The Balaban J connectivity index is 2.05. The van der Waals surface area contributed by atoms with E-state index in [2.05, 4.69) is 28.9 Å². The van der Waals surface area contributed by atoms with Crippen molar-refractivity contribution < 1.29 is 4.39 Å². The van der Waals surface area contributed by atoms with Crippen molar-refractivity contribution >= 4 is 0 Å². The Morgan fingerprint density at radius 3 is 2.48 bits per heavy atom. The molecule has 0 saturated heterocycles. The highest BCUT2D eigenvalue weighted by Crippen LogP contribution is 2.12. The summed E-state index contributed by atoms with van der Waals surface area (Å²) in [7, 11) is 2.04. The van der Waals surface area contributed by atoms with Gasteiger partial charge in [0, 0.05) is 13.1 Å². The Kier molecular flexibility index (Phi) is 5.51. The summed E-state index contributed by atoms with van der Waals surface area (Å²) in [4.78, 5) is 2.18. The molecule has 3 heteroatoms. The zero-order chi connectivity index (χ0) is 15.1. The van der Waals surface area contributed by atoms with Crippen LogP contribution in [0.4, 0.5) is 4.39 Å². The van der Waals surface area contributed by atoms with Crippen molar-refractivity contribution in [2.45, 2.75) is 13.1 Å². The minimum atomic E-state index is -0.301. The van der Waals surface area contributed by atoms with E-state index >= 15 is 0 Å². The summed E-state index contributed by atoms with van der Waals surface area (Å²) in [5.41, 5.74) is 8.03. The molecule has 0 aliphatic rings. The van der Waals surface area contributed by atoms with Crippen molar-refractivity contribution in [3.8, 4) is 11.8 Å². The van der Waals surface area contributed by atoms with E-state index in [1.165, 1.54) is 11.6 Å². The highest BCUT2D eigenvalue weighted by molar-refractivity contribution is 5.38. The lowest BCUT2D eigenvalue weighted by atomic mass is 10.1. The maximum absolute atomic E-state index is 13.6. The van der Waals surface area contributed by atoms with E-state index in [0.717, 1.165) is 18.7 Å². The lowest BCUT2D eigenvalue weighted by Gasteiger charge is -2.17. The topological polar surface area (TPSA) is 29.3 Å². The number of hydrogen-bond donors (Lipinski definition) is 1. The van der Waals surface area contributed by atoms with Crippen LogP contribution in [0.3, 0.4) is 0 Å². The number of rotatable bonds is 4. The third kappa shape index (κ3) is 4.71. The van der Waals surface area contributed by atoms with Crippen LogP contribution < -0.4 is 5.73 Å². The van der Waals surface area contributed by atoms with Crippen molar-refractivity contribution in [3.63, 3.8) is 0 Å². The first-order chi connectivity index (χ1) is 10.2. The fraction of sp³-hybridized carbons (Fsp3) is 0.222. The maximum atomic E-state index is 13.6. The standard InChI is InChI=1S/C18H19FN2/c1-21(13-15-6-3-2-4-7-15)14-16-9-10-18(19)17(12-16)8-5-11-20/h2-4,6-7,9-10,12H,11,13-14,20H2,1H3. The van der Waals surface area contributed by atoms with Gasteiger partial charge >= 0.3 is 0 Å². The second kappa shape index (κ2) is 7.58. The molecule has 0 radical (unpaired) electrons. The number of nitrogens with zero attached hydrogens (tertiary/aromatic N) is 1. The van der Waals surface area contributed by atoms with Crippen LogP contribution in [0.1, 0.15) is 16.7 Å². The van der Waals surface area contributed by atoms with Crippen molar-refractivity contribution in [1.29, 1.82) is 0 Å². The van der Waals surface area contributed by atoms with E-state index in [1.54, 1.807) is 12.1 Å². The molecule has 0 bridgehead atoms. The molecule has 0 heterocycles. The van der Waals surface area contributed by atoms with Gasteiger partial charge in [-0.1, -0.05) is 48.2 Å². The average molecular weight is 282 g/mol. The van der Waals surface area contributed by atoms with Crippen molar-refractivity contribution in [3.05, 3.63) is 71.0 Å². The van der Waals surface area contributed by atoms with Gasteiger partial charge in [-0.25, -0.2) is 4.39 Å². The van der Waals surface area contributed by atoms with Crippen molar-refractivity contribution in [2.24, 2.45) is 5.73 Å². The lowest BCUT2D eigenvalue weighted by molar-refractivity contribution is 0.319. The number of halogens is 1. The molecule has 2 nitrogen and oxygen atoms in total. The SMILES string of the molecule is CN(Cc1ccccc1)Cc1ccc(F)c(C#CCN)c1. The van der Waals surface area contributed by atoms with E-state index in [-0.39, 0.29) is 12.4 Å². The summed E-state index contributed by atoms with van der Waals surface area (Å²) < 4.78 is 13.6. The van der Waals surface area contributed by atoms with Crippen LogP contribution in [0.2, 0.25) is 0 Å².